The topological polar surface area (TPSA) is 58.2 Å². The number of hydrogen-bond donors (Lipinski definition) is 2. The highest BCUT2D eigenvalue weighted by atomic mass is 19.2. The third-order valence-corrected chi connectivity index (χ3v) is 3.99. The summed E-state index contributed by atoms with van der Waals surface area (Å²) in [5, 5.41) is 4.93. The quantitative estimate of drug-likeness (QED) is 0.645. The van der Waals surface area contributed by atoms with Crippen LogP contribution in [0, 0.1) is 17.5 Å². The number of carbonyl (C=O) groups is 2. The zero-order valence-corrected chi connectivity index (χ0v) is 14.5. The fourth-order valence-electron chi connectivity index (χ4n) is 2.47. The molecule has 0 unspecified atom stereocenters. The molecule has 28 heavy (non-hydrogen) atoms. The van der Waals surface area contributed by atoms with Gasteiger partial charge in [0, 0.05) is 17.7 Å². The van der Waals surface area contributed by atoms with Crippen LogP contribution in [0.1, 0.15) is 26.3 Å². The number of hydrogen-bond acceptors (Lipinski definition) is 2. The lowest BCUT2D eigenvalue weighted by atomic mass is 10.1. The van der Waals surface area contributed by atoms with Gasteiger partial charge in [-0.1, -0.05) is 30.3 Å². The Morgan fingerprint density at radius 2 is 1.32 bits per heavy atom. The summed E-state index contributed by atoms with van der Waals surface area (Å²) in [5.74, 6) is -5.53. The van der Waals surface area contributed by atoms with E-state index in [2.05, 4.69) is 10.6 Å². The van der Waals surface area contributed by atoms with Gasteiger partial charge in [-0.3, -0.25) is 9.59 Å². The van der Waals surface area contributed by atoms with Crippen molar-refractivity contribution in [2.45, 2.75) is 6.54 Å². The number of anilines is 1. The molecule has 0 aromatic heterocycles. The first-order valence-corrected chi connectivity index (χ1v) is 8.33. The van der Waals surface area contributed by atoms with Crippen molar-refractivity contribution < 1.29 is 22.8 Å². The molecule has 0 aliphatic heterocycles. The molecular weight excluding hydrogens is 369 g/mol. The molecule has 0 fully saturated rings. The van der Waals surface area contributed by atoms with Gasteiger partial charge < -0.3 is 10.6 Å². The fraction of sp³-hybridized carbons (Fsp3) is 0.0476. The lowest BCUT2D eigenvalue weighted by Crippen LogP contribution is -2.23. The molecule has 0 bridgehead atoms. The van der Waals surface area contributed by atoms with Crippen molar-refractivity contribution in [3.8, 4) is 0 Å². The molecule has 3 aromatic carbocycles. The Bertz CT molecular complexity index is 1010. The van der Waals surface area contributed by atoms with Crippen LogP contribution in [0.4, 0.5) is 18.9 Å². The highest BCUT2D eigenvalue weighted by Crippen LogP contribution is 2.20. The number of amides is 2. The number of rotatable bonds is 5. The Balaban J connectivity index is 1.64. The number of nitrogens with one attached hydrogen (secondary N) is 2. The van der Waals surface area contributed by atoms with Crippen molar-refractivity contribution >= 4 is 17.5 Å². The van der Waals surface area contributed by atoms with Crippen LogP contribution in [0.3, 0.4) is 0 Å². The van der Waals surface area contributed by atoms with E-state index in [0.717, 1.165) is 11.6 Å². The van der Waals surface area contributed by atoms with Crippen molar-refractivity contribution in [1.82, 2.24) is 5.32 Å². The second-order valence-corrected chi connectivity index (χ2v) is 5.92. The zero-order chi connectivity index (χ0) is 20.1. The second kappa shape index (κ2) is 8.39. The molecule has 2 N–H and O–H groups in total. The van der Waals surface area contributed by atoms with Crippen molar-refractivity contribution in [3.63, 3.8) is 0 Å². The fourth-order valence-corrected chi connectivity index (χ4v) is 2.47. The van der Waals surface area contributed by atoms with Crippen molar-refractivity contribution in [3.05, 3.63) is 101 Å². The Kier molecular flexibility index (Phi) is 5.74. The molecule has 0 spiro atoms. The van der Waals surface area contributed by atoms with Gasteiger partial charge in [-0.25, -0.2) is 13.2 Å². The normalized spacial score (nSPS) is 10.4. The molecule has 3 rings (SSSR count). The molecule has 0 aliphatic carbocycles. The Morgan fingerprint density at radius 3 is 1.96 bits per heavy atom. The van der Waals surface area contributed by atoms with Gasteiger partial charge in [0.05, 0.1) is 5.69 Å². The van der Waals surface area contributed by atoms with Crippen molar-refractivity contribution in [2.24, 2.45) is 0 Å². The first-order valence-electron chi connectivity index (χ1n) is 8.33. The molecule has 4 nitrogen and oxygen atoms in total. The van der Waals surface area contributed by atoms with E-state index in [4.69, 9.17) is 0 Å². The maximum Gasteiger partial charge on any atom is 0.255 e. The monoisotopic (exact) mass is 384 g/mol. The van der Waals surface area contributed by atoms with E-state index >= 15 is 0 Å². The first-order chi connectivity index (χ1) is 13.5. The minimum Gasteiger partial charge on any atom is -0.348 e. The minimum atomic E-state index is -1.66. The van der Waals surface area contributed by atoms with Gasteiger partial charge in [-0.05, 0) is 42.0 Å². The van der Waals surface area contributed by atoms with Crippen LogP contribution in [-0.2, 0) is 6.54 Å². The smallest absolute Gasteiger partial charge is 0.255 e. The van der Waals surface area contributed by atoms with Crippen LogP contribution >= 0.6 is 0 Å². The molecule has 0 atom stereocenters. The SMILES string of the molecule is O=C(NCc1ccccc1)c1ccc(C(=O)Nc2ccc(F)c(F)c2F)cc1. The number of carbonyl (C=O) groups excluding carboxylic acids is 2. The molecule has 142 valence electrons. The van der Waals surface area contributed by atoms with E-state index in [1.165, 1.54) is 24.3 Å². The van der Waals surface area contributed by atoms with Crippen LogP contribution in [0.25, 0.3) is 0 Å². The summed E-state index contributed by atoms with van der Waals surface area (Å²) in [7, 11) is 0. The van der Waals surface area contributed by atoms with Gasteiger partial charge >= 0.3 is 0 Å². The molecule has 0 aliphatic rings. The van der Waals surface area contributed by atoms with Gasteiger partial charge in [0.2, 0.25) is 0 Å². The summed E-state index contributed by atoms with van der Waals surface area (Å²) in [4.78, 5) is 24.3. The zero-order valence-electron chi connectivity index (χ0n) is 14.5. The minimum absolute atomic E-state index is 0.128. The first kappa shape index (κ1) is 19.2. The van der Waals surface area contributed by atoms with Gasteiger partial charge in [-0.15, -0.1) is 0 Å². The second-order valence-electron chi connectivity index (χ2n) is 5.92. The summed E-state index contributed by atoms with van der Waals surface area (Å²) in [6, 6.07) is 16.7. The molecule has 0 saturated heterocycles. The molecule has 0 heterocycles. The van der Waals surface area contributed by atoms with Crippen LogP contribution in [0.2, 0.25) is 0 Å². The lowest BCUT2D eigenvalue weighted by Gasteiger charge is -2.09. The van der Waals surface area contributed by atoms with Crippen molar-refractivity contribution in [2.75, 3.05) is 5.32 Å². The lowest BCUT2D eigenvalue weighted by molar-refractivity contribution is 0.0949. The highest BCUT2D eigenvalue weighted by molar-refractivity contribution is 6.05. The largest absolute Gasteiger partial charge is 0.348 e. The van der Waals surface area contributed by atoms with Crippen LogP contribution in [0.5, 0.6) is 0 Å². The Hall–Kier alpha value is -3.61. The third-order valence-electron chi connectivity index (χ3n) is 3.99. The average Bonchev–Trinajstić information content (AvgIpc) is 2.73. The summed E-state index contributed by atoms with van der Waals surface area (Å²) in [5.41, 5.74) is 0.934. The van der Waals surface area contributed by atoms with Crippen LogP contribution in [-0.4, -0.2) is 11.8 Å². The van der Waals surface area contributed by atoms with E-state index in [0.29, 0.717) is 18.2 Å². The van der Waals surface area contributed by atoms with Crippen molar-refractivity contribution in [1.29, 1.82) is 0 Å². The summed E-state index contributed by atoms with van der Waals surface area (Å²) in [6.07, 6.45) is 0. The number of benzene rings is 3. The molecule has 0 saturated carbocycles. The summed E-state index contributed by atoms with van der Waals surface area (Å²) in [6.45, 7) is 0.358. The van der Waals surface area contributed by atoms with E-state index in [1.807, 2.05) is 30.3 Å². The van der Waals surface area contributed by atoms with Crippen LogP contribution in [0.15, 0.2) is 66.7 Å². The van der Waals surface area contributed by atoms with Gasteiger partial charge in [0.1, 0.15) is 0 Å². The van der Waals surface area contributed by atoms with E-state index in [1.54, 1.807) is 0 Å². The molecule has 2 amide bonds. The van der Waals surface area contributed by atoms with E-state index in [-0.39, 0.29) is 11.5 Å². The maximum atomic E-state index is 13.7. The predicted octanol–water partition coefficient (Wildman–Crippen LogP) is 4.29. The summed E-state index contributed by atoms with van der Waals surface area (Å²) >= 11 is 0. The molecule has 0 radical (unpaired) electrons. The van der Waals surface area contributed by atoms with Gasteiger partial charge in [-0.2, -0.15) is 0 Å². The Labute approximate surface area is 159 Å². The summed E-state index contributed by atoms with van der Waals surface area (Å²) < 4.78 is 39.8. The predicted molar refractivity (Wildman–Crippen MR) is 98.3 cm³/mol. The highest BCUT2D eigenvalue weighted by Gasteiger charge is 2.16. The third kappa shape index (κ3) is 4.37. The van der Waals surface area contributed by atoms with Gasteiger partial charge in [0.25, 0.3) is 11.8 Å². The van der Waals surface area contributed by atoms with E-state index in [9.17, 15) is 22.8 Å². The maximum absolute atomic E-state index is 13.7. The molecular formula is C21H15F3N2O2. The molecule has 7 heteroatoms. The number of halogens is 3. The average molecular weight is 384 g/mol. The standard InChI is InChI=1S/C21H15F3N2O2/c22-16-10-11-17(19(24)18(16)23)26-21(28)15-8-6-14(7-9-15)20(27)25-12-13-4-2-1-3-5-13/h1-11H,12H2,(H,25,27)(H,26,28). The van der Waals surface area contributed by atoms with E-state index < -0.39 is 29.0 Å². The van der Waals surface area contributed by atoms with Gasteiger partial charge in [0.15, 0.2) is 17.5 Å². The Morgan fingerprint density at radius 1 is 0.714 bits per heavy atom. The molecule has 3 aromatic rings. The van der Waals surface area contributed by atoms with Crippen LogP contribution < -0.4 is 10.6 Å².